The lowest BCUT2D eigenvalue weighted by Crippen LogP contribution is -2.20. The predicted octanol–water partition coefficient (Wildman–Crippen LogP) is 5.08. The fraction of sp³-hybridized carbons (Fsp3) is 0.250. The summed E-state index contributed by atoms with van der Waals surface area (Å²) in [5.74, 6) is 0.701. The van der Waals surface area contributed by atoms with E-state index < -0.39 is 0 Å². The summed E-state index contributed by atoms with van der Waals surface area (Å²) in [6.45, 7) is 2.53. The van der Waals surface area contributed by atoms with Crippen LogP contribution in [0.25, 0.3) is 10.2 Å². The van der Waals surface area contributed by atoms with E-state index in [1.54, 1.807) is 31.4 Å². The summed E-state index contributed by atoms with van der Waals surface area (Å²) in [4.78, 5) is 35.7. The van der Waals surface area contributed by atoms with Gasteiger partial charge in [-0.15, -0.1) is 11.3 Å². The number of hydrogen-bond acceptors (Lipinski definition) is 8. The largest absolute Gasteiger partial charge is 0.497 e. The molecule has 0 spiro atoms. The number of carbonyl (C=O) groups excluding carboxylic acids is 2. The molecule has 0 fully saturated rings. The van der Waals surface area contributed by atoms with Crippen LogP contribution in [0.4, 0.5) is 10.3 Å². The van der Waals surface area contributed by atoms with Gasteiger partial charge in [0, 0.05) is 10.4 Å². The molecule has 2 amide bonds. The van der Waals surface area contributed by atoms with Crippen molar-refractivity contribution in [2.45, 2.75) is 25.7 Å². The van der Waals surface area contributed by atoms with E-state index in [0.29, 0.717) is 34.6 Å². The third-order valence-corrected chi connectivity index (χ3v) is 7.49. The smallest absolute Gasteiger partial charge is 0.257 e. The Kier molecular flexibility index (Phi) is 6.16. The van der Waals surface area contributed by atoms with E-state index in [1.165, 1.54) is 22.7 Å². The monoisotopic (exact) mass is 494 g/mol. The minimum absolute atomic E-state index is 0.138. The van der Waals surface area contributed by atoms with Gasteiger partial charge < -0.3 is 14.8 Å². The molecule has 1 unspecified atom stereocenters. The molecular weight excluding hydrogens is 472 g/mol. The van der Waals surface area contributed by atoms with E-state index in [-0.39, 0.29) is 17.7 Å². The van der Waals surface area contributed by atoms with Crippen LogP contribution >= 0.6 is 22.7 Å². The highest BCUT2D eigenvalue weighted by molar-refractivity contribution is 7.22. The third kappa shape index (κ3) is 4.46. The molecule has 0 aliphatic heterocycles. The second-order valence-corrected chi connectivity index (χ2v) is 9.79. The number of nitrogens with one attached hydrogen (secondary N) is 2. The van der Waals surface area contributed by atoms with Crippen LogP contribution in [-0.2, 0) is 11.2 Å². The van der Waals surface area contributed by atoms with Crippen LogP contribution in [0.1, 0.15) is 40.2 Å². The number of methoxy groups -OCH3 is 1. The number of fused-ring (bicyclic) bond motifs is 2. The van der Waals surface area contributed by atoms with Crippen LogP contribution in [0.2, 0.25) is 0 Å². The average molecular weight is 495 g/mol. The summed E-state index contributed by atoms with van der Waals surface area (Å²) in [5, 5.41) is 6.83. The minimum atomic E-state index is -0.371. The van der Waals surface area contributed by atoms with Gasteiger partial charge in [-0.25, -0.2) is 9.97 Å². The number of anilines is 2. The maximum atomic E-state index is 13.0. The van der Waals surface area contributed by atoms with Crippen LogP contribution < -0.4 is 20.1 Å². The van der Waals surface area contributed by atoms with Crippen molar-refractivity contribution >= 4 is 55.0 Å². The van der Waals surface area contributed by atoms with Crippen LogP contribution in [0.3, 0.4) is 0 Å². The Bertz CT molecular complexity index is 1360. The van der Waals surface area contributed by atoms with Crippen molar-refractivity contribution in [1.29, 1.82) is 0 Å². The van der Waals surface area contributed by atoms with E-state index in [1.807, 2.05) is 25.1 Å². The van der Waals surface area contributed by atoms with Crippen molar-refractivity contribution < 1.29 is 19.1 Å². The maximum absolute atomic E-state index is 13.0. The molecule has 174 valence electrons. The van der Waals surface area contributed by atoms with Gasteiger partial charge in [0.1, 0.15) is 11.5 Å². The molecule has 2 aromatic heterocycles. The first-order valence-corrected chi connectivity index (χ1v) is 12.5. The Labute approximate surface area is 204 Å². The van der Waals surface area contributed by atoms with Gasteiger partial charge >= 0.3 is 0 Å². The summed E-state index contributed by atoms with van der Waals surface area (Å²) >= 11 is 2.83. The zero-order chi connectivity index (χ0) is 23.7. The number of amides is 2. The van der Waals surface area contributed by atoms with Crippen molar-refractivity contribution in [3.8, 4) is 11.5 Å². The second kappa shape index (κ2) is 9.40. The third-order valence-electron chi connectivity index (χ3n) is 5.51. The van der Waals surface area contributed by atoms with Crippen LogP contribution in [0.5, 0.6) is 11.5 Å². The van der Waals surface area contributed by atoms with Gasteiger partial charge in [-0.1, -0.05) is 11.3 Å². The van der Waals surface area contributed by atoms with E-state index in [4.69, 9.17) is 9.47 Å². The topological polar surface area (TPSA) is 102 Å². The Morgan fingerprint density at radius 1 is 1.03 bits per heavy atom. The van der Waals surface area contributed by atoms with Gasteiger partial charge in [0.15, 0.2) is 10.3 Å². The number of ether oxygens (including phenoxy) is 2. The minimum Gasteiger partial charge on any atom is -0.497 e. The SMILES string of the molecule is CCOc1ccc2nc(NC(=O)C3CCc4sc(NC(=O)c5ccc(OC)cc5)nc43)sc2c1. The summed E-state index contributed by atoms with van der Waals surface area (Å²) in [7, 11) is 1.58. The predicted molar refractivity (Wildman–Crippen MR) is 134 cm³/mol. The first-order valence-electron chi connectivity index (χ1n) is 10.8. The molecule has 4 aromatic rings. The lowest BCUT2D eigenvalue weighted by atomic mass is 10.1. The summed E-state index contributed by atoms with van der Waals surface area (Å²) in [5.41, 5.74) is 2.05. The number of benzene rings is 2. The van der Waals surface area contributed by atoms with Gasteiger partial charge in [0.2, 0.25) is 5.91 Å². The molecule has 0 radical (unpaired) electrons. The molecule has 2 aromatic carbocycles. The van der Waals surface area contributed by atoms with Gasteiger partial charge in [-0.05, 0) is 62.2 Å². The quantitative estimate of drug-likeness (QED) is 0.371. The van der Waals surface area contributed by atoms with Crippen molar-refractivity contribution in [3.05, 3.63) is 58.6 Å². The number of aryl methyl sites for hydroxylation is 1. The number of rotatable bonds is 7. The van der Waals surface area contributed by atoms with Crippen molar-refractivity contribution in [3.63, 3.8) is 0 Å². The van der Waals surface area contributed by atoms with Crippen molar-refractivity contribution in [1.82, 2.24) is 9.97 Å². The maximum Gasteiger partial charge on any atom is 0.257 e. The summed E-state index contributed by atoms with van der Waals surface area (Å²) in [6, 6.07) is 12.5. The highest BCUT2D eigenvalue weighted by Crippen LogP contribution is 2.39. The van der Waals surface area contributed by atoms with Crippen LogP contribution in [0.15, 0.2) is 42.5 Å². The highest BCUT2D eigenvalue weighted by Gasteiger charge is 2.33. The summed E-state index contributed by atoms with van der Waals surface area (Å²) in [6.07, 6.45) is 1.44. The van der Waals surface area contributed by atoms with Crippen molar-refractivity contribution in [2.24, 2.45) is 0 Å². The number of carbonyl (C=O) groups is 2. The van der Waals surface area contributed by atoms with E-state index in [9.17, 15) is 9.59 Å². The van der Waals surface area contributed by atoms with Crippen LogP contribution in [0, 0.1) is 0 Å². The summed E-state index contributed by atoms with van der Waals surface area (Å²) < 4.78 is 11.6. The molecule has 0 bridgehead atoms. The lowest BCUT2D eigenvalue weighted by Gasteiger charge is -2.08. The first kappa shape index (κ1) is 22.3. The normalized spacial score (nSPS) is 14.6. The zero-order valence-electron chi connectivity index (χ0n) is 18.6. The zero-order valence-corrected chi connectivity index (χ0v) is 20.2. The highest BCUT2D eigenvalue weighted by atomic mass is 32.1. The second-order valence-electron chi connectivity index (χ2n) is 7.67. The molecular formula is C24H22N4O4S2. The van der Waals surface area contributed by atoms with E-state index in [2.05, 4.69) is 20.6 Å². The first-order chi connectivity index (χ1) is 16.5. The van der Waals surface area contributed by atoms with E-state index >= 15 is 0 Å². The van der Waals surface area contributed by atoms with Crippen LogP contribution in [-0.4, -0.2) is 35.5 Å². The molecule has 1 atom stereocenters. The van der Waals surface area contributed by atoms with Gasteiger partial charge in [-0.2, -0.15) is 0 Å². The molecule has 5 rings (SSSR count). The van der Waals surface area contributed by atoms with Gasteiger partial charge in [-0.3, -0.25) is 14.9 Å². The molecule has 0 saturated heterocycles. The molecule has 2 N–H and O–H groups in total. The Balaban J connectivity index is 1.27. The molecule has 2 heterocycles. The Morgan fingerprint density at radius 2 is 1.79 bits per heavy atom. The molecule has 0 saturated carbocycles. The molecule has 1 aliphatic rings. The van der Waals surface area contributed by atoms with Crippen molar-refractivity contribution in [2.75, 3.05) is 24.4 Å². The van der Waals surface area contributed by atoms with Gasteiger partial charge in [0.05, 0.1) is 35.5 Å². The number of thiazole rings is 2. The Hall–Kier alpha value is -3.50. The standard InChI is InChI=1S/C24H22N4O4S2/c1-3-32-15-8-10-17-19(12-15)34-23(25-17)28-22(30)16-9-11-18-20(16)26-24(33-18)27-21(29)13-4-6-14(31-2)7-5-13/h4-8,10,12,16H,3,9,11H2,1-2H3,(H,25,28,30)(H,26,27,29). The molecule has 10 heteroatoms. The fourth-order valence-electron chi connectivity index (χ4n) is 3.85. The fourth-order valence-corrected chi connectivity index (χ4v) is 5.79. The average Bonchev–Trinajstić information content (AvgIpc) is 3.52. The lowest BCUT2D eigenvalue weighted by molar-refractivity contribution is -0.117. The van der Waals surface area contributed by atoms with Gasteiger partial charge in [0.25, 0.3) is 5.91 Å². The Morgan fingerprint density at radius 3 is 2.56 bits per heavy atom. The number of hydrogen-bond donors (Lipinski definition) is 2. The molecule has 8 nitrogen and oxygen atoms in total. The molecule has 34 heavy (non-hydrogen) atoms. The van der Waals surface area contributed by atoms with E-state index in [0.717, 1.165) is 33.0 Å². The number of aromatic nitrogens is 2. The molecule has 1 aliphatic carbocycles. The number of nitrogens with zero attached hydrogens (tertiary/aromatic N) is 2.